The number of anilines is 1. The van der Waals surface area contributed by atoms with Gasteiger partial charge in [-0.2, -0.15) is 0 Å². The molecule has 1 aromatic heterocycles. The van der Waals surface area contributed by atoms with Crippen LogP contribution in [0.5, 0.6) is 0 Å². The molecule has 0 bridgehead atoms. The Bertz CT molecular complexity index is 594. The van der Waals surface area contributed by atoms with Crippen molar-refractivity contribution in [2.75, 3.05) is 5.73 Å². The largest absolute Gasteiger partial charge is 0.369 e. The average molecular weight is 389 g/mol. The third kappa shape index (κ3) is 3.24. The van der Waals surface area contributed by atoms with Gasteiger partial charge in [0, 0.05) is 12.6 Å². The molecule has 3 nitrogen and oxygen atoms in total. The van der Waals surface area contributed by atoms with Crippen LogP contribution in [0.25, 0.3) is 11.0 Å². The van der Waals surface area contributed by atoms with Crippen molar-refractivity contribution in [3.8, 4) is 0 Å². The quantitative estimate of drug-likeness (QED) is 0.736. The van der Waals surface area contributed by atoms with Crippen LogP contribution in [-0.2, 0) is 6.54 Å². The van der Waals surface area contributed by atoms with Crippen molar-refractivity contribution in [3.63, 3.8) is 0 Å². The highest BCUT2D eigenvalue weighted by atomic mass is 127. The smallest absolute Gasteiger partial charge is 0.201 e. The van der Waals surface area contributed by atoms with Crippen molar-refractivity contribution in [3.05, 3.63) is 21.5 Å². The van der Waals surface area contributed by atoms with Gasteiger partial charge in [-0.05, 0) is 41.0 Å². The number of imidazole rings is 1. The number of nitrogens with two attached hydrogens (primary N) is 1. The summed E-state index contributed by atoms with van der Waals surface area (Å²) in [6, 6.07) is 3.30. The van der Waals surface area contributed by atoms with E-state index in [1.807, 2.05) is 27.2 Å². The van der Waals surface area contributed by atoms with Crippen molar-refractivity contribution in [2.45, 2.75) is 46.1 Å². The summed E-state index contributed by atoms with van der Waals surface area (Å²) in [5, 5.41) is 0. The molecule has 0 spiro atoms. The molecule has 2 aromatic rings. The van der Waals surface area contributed by atoms with E-state index in [1.165, 1.54) is 19.3 Å². The molecule has 0 saturated carbocycles. The molecule has 2 rings (SSSR count). The van der Waals surface area contributed by atoms with Gasteiger partial charge in [0.2, 0.25) is 5.95 Å². The van der Waals surface area contributed by atoms with Crippen LogP contribution in [0.1, 0.15) is 39.5 Å². The van der Waals surface area contributed by atoms with Crippen molar-refractivity contribution in [1.29, 1.82) is 0 Å². The maximum absolute atomic E-state index is 13.8. The van der Waals surface area contributed by atoms with E-state index in [9.17, 15) is 4.39 Å². The molecule has 0 fully saturated rings. The van der Waals surface area contributed by atoms with Gasteiger partial charge in [0.05, 0.1) is 14.6 Å². The average Bonchev–Trinajstić information content (AvgIpc) is 2.71. The molecule has 0 radical (unpaired) electrons. The monoisotopic (exact) mass is 389 g/mol. The lowest BCUT2D eigenvalue weighted by atomic mass is 9.99. The molecule has 0 saturated heterocycles. The van der Waals surface area contributed by atoms with Gasteiger partial charge in [0.1, 0.15) is 5.82 Å². The van der Waals surface area contributed by atoms with Crippen molar-refractivity contribution < 1.29 is 4.39 Å². The van der Waals surface area contributed by atoms with E-state index in [1.54, 1.807) is 12.1 Å². The second kappa shape index (κ2) is 6.74. The number of nitrogen functional groups attached to an aromatic ring is 1. The predicted octanol–water partition coefficient (Wildman–Crippen LogP) is 4.58. The summed E-state index contributed by atoms with van der Waals surface area (Å²) in [6.45, 7) is 5.21. The summed E-state index contributed by atoms with van der Waals surface area (Å²) in [5.74, 6) is 0.842. The van der Waals surface area contributed by atoms with Crippen LogP contribution in [0.3, 0.4) is 0 Å². The van der Waals surface area contributed by atoms with Crippen molar-refractivity contribution in [1.82, 2.24) is 9.55 Å². The molecule has 0 amide bonds. The standard InChI is InChI=1S/C15H21FIN3/c1-3-5-6-10(4-2)9-20-14-7-11(16)12(17)8-13(14)19-15(20)18/h7-8,10H,3-6,9H2,1-2H3,(H2,18,19). The molecule has 1 unspecified atom stereocenters. The molecule has 1 aromatic carbocycles. The molecule has 110 valence electrons. The number of nitrogens with zero attached hydrogens (tertiary/aromatic N) is 2. The minimum Gasteiger partial charge on any atom is -0.369 e. The lowest BCUT2D eigenvalue weighted by Gasteiger charge is -2.16. The minimum absolute atomic E-state index is 0.208. The molecule has 2 N–H and O–H groups in total. The maximum Gasteiger partial charge on any atom is 0.201 e. The lowest BCUT2D eigenvalue weighted by Crippen LogP contribution is -2.12. The van der Waals surface area contributed by atoms with Gasteiger partial charge < -0.3 is 10.3 Å². The zero-order valence-electron chi connectivity index (χ0n) is 12.0. The Labute approximate surface area is 132 Å². The topological polar surface area (TPSA) is 43.8 Å². The van der Waals surface area contributed by atoms with E-state index in [0.717, 1.165) is 24.0 Å². The van der Waals surface area contributed by atoms with Crippen LogP contribution in [0.2, 0.25) is 0 Å². The first-order chi connectivity index (χ1) is 9.56. The van der Waals surface area contributed by atoms with Gasteiger partial charge in [-0.3, -0.25) is 0 Å². The highest BCUT2D eigenvalue weighted by molar-refractivity contribution is 14.1. The van der Waals surface area contributed by atoms with Crippen molar-refractivity contribution >= 4 is 39.6 Å². The summed E-state index contributed by atoms with van der Waals surface area (Å²) >= 11 is 1.98. The van der Waals surface area contributed by atoms with Gasteiger partial charge in [-0.1, -0.05) is 33.1 Å². The van der Waals surface area contributed by atoms with Crippen LogP contribution in [0, 0.1) is 15.3 Å². The predicted molar refractivity (Wildman–Crippen MR) is 90.1 cm³/mol. The number of hydrogen-bond donors (Lipinski definition) is 1. The highest BCUT2D eigenvalue weighted by Crippen LogP contribution is 2.25. The third-order valence-corrected chi connectivity index (χ3v) is 4.63. The first-order valence-corrected chi connectivity index (χ1v) is 8.25. The fraction of sp³-hybridized carbons (Fsp3) is 0.533. The van der Waals surface area contributed by atoms with Crippen LogP contribution < -0.4 is 5.73 Å². The molecule has 1 atom stereocenters. The molecular formula is C15H21FIN3. The van der Waals surface area contributed by atoms with Gasteiger partial charge in [-0.15, -0.1) is 0 Å². The van der Waals surface area contributed by atoms with Crippen LogP contribution in [-0.4, -0.2) is 9.55 Å². The lowest BCUT2D eigenvalue weighted by molar-refractivity contribution is 0.397. The van der Waals surface area contributed by atoms with Crippen LogP contribution in [0.15, 0.2) is 12.1 Å². The van der Waals surface area contributed by atoms with Gasteiger partial charge >= 0.3 is 0 Å². The number of rotatable bonds is 6. The van der Waals surface area contributed by atoms with Crippen molar-refractivity contribution in [2.24, 2.45) is 5.92 Å². The number of unbranched alkanes of at least 4 members (excludes halogenated alkanes) is 1. The summed E-state index contributed by atoms with van der Waals surface area (Å²) in [4.78, 5) is 4.35. The van der Waals surface area contributed by atoms with Crippen LogP contribution in [0.4, 0.5) is 10.3 Å². The Morgan fingerprint density at radius 2 is 2.15 bits per heavy atom. The molecule has 1 heterocycles. The van der Waals surface area contributed by atoms with Gasteiger partial charge in [-0.25, -0.2) is 9.37 Å². The van der Waals surface area contributed by atoms with E-state index in [2.05, 4.69) is 18.8 Å². The molecule has 0 aliphatic carbocycles. The molecule has 5 heteroatoms. The Morgan fingerprint density at radius 1 is 1.40 bits per heavy atom. The van der Waals surface area contributed by atoms with E-state index in [4.69, 9.17) is 5.73 Å². The molecule has 0 aliphatic heterocycles. The van der Waals surface area contributed by atoms with Crippen LogP contribution >= 0.6 is 22.6 Å². The second-order valence-electron chi connectivity index (χ2n) is 5.25. The summed E-state index contributed by atoms with van der Waals surface area (Å²) < 4.78 is 16.3. The summed E-state index contributed by atoms with van der Waals surface area (Å²) in [6.07, 6.45) is 4.70. The molecular weight excluding hydrogens is 368 g/mol. The van der Waals surface area contributed by atoms with Gasteiger partial charge in [0.25, 0.3) is 0 Å². The number of fused-ring (bicyclic) bond motifs is 1. The first-order valence-electron chi connectivity index (χ1n) is 7.17. The summed E-state index contributed by atoms with van der Waals surface area (Å²) in [5.41, 5.74) is 7.59. The number of hydrogen-bond acceptors (Lipinski definition) is 2. The fourth-order valence-corrected chi connectivity index (χ4v) is 2.96. The summed E-state index contributed by atoms with van der Waals surface area (Å²) in [7, 11) is 0. The van der Waals surface area contributed by atoms with E-state index >= 15 is 0 Å². The zero-order valence-corrected chi connectivity index (χ0v) is 14.2. The molecule has 20 heavy (non-hydrogen) atoms. The SMILES string of the molecule is CCCCC(CC)Cn1c(N)nc2cc(I)c(F)cc21. The highest BCUT2D eigenvalue weighted by Gasteiger charge is 2.15. The first kappa shape index (κ1) is 15.5. The second-order valence-corrected chi connectivity index (χ2v) is 6.41. The number of halogens is 2. The third-order valence-electron chi connectivity index (χ3n) is 3.80. The maximum atomic E-state index is 13.8. The van der Waals surface area contributed by atoms with Gasteiger partial charge in [0.15, 0.2) is 0 Å². The normalized spacial score (nSPS) is 13.0. The number of benzene rings is 1. The zero-order chi connectivity index (χ0) is 14.7. The van der Waals surface area contributed by atoms with E-state index in [-0.39, 0.29) is 5.82 Å². The Hall–Kier alpha value is -0.850. The van der Waals surface area contributed by atoms with E-state index in [0.29, 0.717) is 15.4 Å². The Morgan fingerprint density at radius 3 is 2.80 bits per heavy atom. The Kier molecular flexibility index (Phi) is 5.23. The fourth-order valence-electron chi connectivity index (χ4n) is 2.51. The minimum atomic E-state index is -0.208. The Balaban J connectivity index is 2.33. The number of aromatic nitrogens is 2. The van der Waals surface area contributed by atoms with E-state index < -0.39 is 0 Å². The molecule has 0 aliphatic rings.